The molecular formula is C24H30F2N6O. The van der Waals surface area contributed by atoms with Gasteiger partial charge in [0, 0.05) is 37.0 Å². The first-order valence-electron chi connectivity index (χ1n) is 11.9. The molecule has 1 aliphatic carbocycles. The van der Waals surface area contributed by atoms with E-state index in [1.165, 1.54) is 30.4 Å². The number of nitrogens with zero attached hydrogens (tertiary/aromatic N) is 3. The molecule has 3 N–H and O–H groups in total. The summed E-state index contributed by atoms with van der Waals surface area (Å²) in [6.07, 6.45) is 11.4. The molecule has 3 aliphatic rings. The smallest absolute Gasteiger partial charge is 0.244 e. The highest BCUT2D eigenvalue weighted by atomic mass is 19.1. The first-order chi connectivity index (χ1) is 16.1. The van der Waals surface area contributed by atoms with Crippen LogP contribution in [0, 0.1) is 17.6 Å². The number of rotatable bonds is 5. The van der Waals surface area contributed by atoms with Gasteiger partial charge in [0.25, 0.3) is 0 Å². The molecule has 4 heterocycles. The summed E-state index contributed by atoms with van der Waals surface area (Å²) in [5.74, 6) is -1.92. The van der Waals surface area contributed by atoms with Gasteiger partial charge in [0.1, 0.15) is 11.9 Å². The number of hydrogen-bond donors (Lipinski definition) is 3. The minimum absolute atomic E-state index is 0.0537. The van der Waals surface area contributed by atoms with Gasteiger partial charge in [-0.25, -0.2) is 19.2 Å². The number of anilines is 1. The maximum Gasteiger partial charge on any atom is 0.244 e. The molecule has 9 heteroatoms. The summed E-state index contributed by atoms with van der Waals surface area (Å²) in [6.45, 7) is 3.23. The van der Waals surface area contributed by atoms with Crippen molar-refractivity contribution in [2.24, 2.45) is 5.92 Å². The third kappa shape index (κ3) is 5.05. The Balaban J connectivity index is 1.25. The number of piperidine rings is 1. The average molecular weight is 457 g/mol. The first-order valence-corrected chi connectivity index (χ1v) is 11.9. The highest BCUT2D eigenvalue weighted by Gasteiger charge is 2.44. The van der Waals surface area contributed by atoms with E-state index in [2.05, 4.69) is 37.1 Å². The third-order valence-electron chi connectivity index (χ3n) is 7.23. The summed E-state index contributed by atoms with van der Waals surface area (Å²) in [5.41, 5.74) is 8.77. The Labute approximate surface area is 192 Å². The average Bonchev–Trinajstić information content (AvgIpc) is 3.25. The van der Waals surface area contributed by atoms with Gasteiger partial charge in [-0.1, -0.05) is 12.5 Å². The molecule has 2 aliphatic heterocycles. The lowest BCUT2D eigenvalue weighted by atomic mass is 9.73. The number of likely N-dealkylation sites (tertiary alicyclic amines) is 1. The molecule has 0 spiro atoms. The van der Waals surface area contributed by atoms with Crippen LogP contribution in [0.15, 0.2) is 30.7 Å². The largest absolute Gasteiger partial charge is 0.307 e. The van der Waals surface area contributed by atoms with E-state index in [9.17, 15) is 13.6 Å². The fraction of sp³-hybridized carbons (Fsp3) is 0.542. The number of hydrazine groups is 1. The molecule has 4 atom stereocenters. The molecule has 33 heavy (non-hydrogen) atoms. The molecule has 1 amide bonds. The number of aromatic nitrogens is 2. The van der Waals surface area contributed by atoms with Crippen molar-refractivity contribution >= 4 is 11.7 Å². The molecule has 2 aromatic heterocycles. The molecule has 4 unspecified atom stereocenters. The quantitative estimate of drug-likeness (QED) is 0.642. The standard InChI is InChI=1S/C24H30F2N6O/c25-18-10-20(26)23(28-13-18)29-24(33)22-19-9-16(4-5-21(19)30-31-22)17-8-15(11-27-12-17)14-32-6-2-1-3-7-32/h8,10-13,16,19,21-22,30-31H,1-7,9,14H2,(H,28,29,33). The van der Waals surface area contributed by atoms with Crippen LogP contribution in [-0.4, -0.2) is 45.9 Å². The third-order valence-corrected chi connectivity index (χ3v) is 7.23. The highest BCUT2D eigenvalue weighted by molar-refractivity contribution is 5.94. The molecule has 0 bridgehead atoms. The van der Waals surface area contributed by atoms with Crippen molar-refractivity contribution in [3.63, 3.8) is 0 Å². The molecular weight excluding hydrogens is 426 g/mol. The number of pyridine rings is 2. The van der Waals surface area contributed by atoms with Gasteiger partial charge in [-0.15, -0.1) is 0 Å². The Morgan fingerprint density at radius 3 is 2.76 bits per heavy atom. The van der Waals surface area contributed by atoms with E-state index in [1.807, 2.05) is 12.4 Å². The van der Waals surface area contributed by atoms with E-state index in [-0.39, 0.29) is 23.7 Å². The van der Waals surface area contributed by atoms with Gasteiger partial charge in [0.15, 0.2) is 11.6 Å². The number of fused-ring (bicyclic) bond motifs is 1. The normalized spacial score (nSPS) is 27.8. The number of hydrogen-bond acceptors (Lipinski definition) is 6. The summed E-state index contributed by atoms with van der Waals surface area (Å²) < 4.78 is 27.1. The van der Waals surface area contributed by atoms with E-state index in [0.717, 1.165) is 45.1 Å². The maximum absolute atomic E-state index is 14.0. The van der Waals surface area contributed by atoms with Crippen LogP contribution < -0.4 is 16.2 Å². The molecule has 0 radical (unpaired) electrons. The van der Waals surface area contributed by atoms with Gasteiger partial charge in [-0.05, 0) is 62.2 Å². The maximum atomic E-state index is 14.0. The van der Waals surface area contributed by atoms with Crippen molar-refractivity contribution in [1.82, 2.24) is 25.7 Å². The number of carbonyl (C=O) groups excluding carboxylic acids is 1. The fourth-order valence-corrected chi connectivity index (χ4v) is 5.51. The van der Waals surface area contributed by atoms with Crippen LogP contribution in [0.5, 0.6) is 0 Å². The summed E-state index contributed by atoms with van der Waals surface area (Å²) >= 11 is 0. The van der Waals surface area contributed by atoms with Gasteiger partial charge in [0.05, 0.1) is 6.20 Å². The van der Waals surface area contributed by atoms with Crippen LogP contribution in [0.25, 0.3) is 0 Å². The van der Waals surface area contributed by atoms with Crippen LogP contribution in [0.2, 0.25) is 0 Å². The van der Waals surface area contributed by atoms with Crippen molar-refractivity contribution in [3.8, 4) is 0 Å². The van der Waals surface area contributed by atoms with Crippen LogP contribution in [-0.2, 0) is 11.3 Å². The Morgan fingerprint density at radius 2 is 1.94 bits per heavy atom. The second kappa shape index (κ2) is 9.79. The van der Waals surface area contributed by atoms with Crippen LogP contribution in [0.4, 0.5) is 14.6 Å². The van der Waals surface area contributed by atoms with Crippen molar-refractivity contribution in [3.05, 3.63) is 53.5 Å². The van der Waals surface area contributed by atoms with Gasteiger partial charge >= 0.3 is 0 Å². The van der Waals surface area contributed by atoms with Crippen molar-refractivity contribution in [2.75, 3.05) is 18.4 Å². The van der Waals surface area contributed by atoms with Gasteiger partial charge in [0.2, 0.25) is 5.91 Å². The molecule has 0 aromatic carbocycles. The summed E-state index contributed by atoms with van der Waals surface area (Å²) in [5, 5.41) is 2.51. The van der Waals surface area contributed by atoms with Gasteiger partial charge in [-0.3, -0.25) is 20.1 Å². The number of nitrogens with one attached hydrogen (secondary N) is 3. The molecule has 2 aromatic rings. The topological polar surface area (TPSA) is 82.2 Å². The monoisotopic (exact) mass is 456 g/mol. The van der Waals surface area contributed by atoms with E-state index in [4.69, 9.17) is 0 Å². The Morgan fingerprint density at radius 1 is 1.09 bits per heavy atom. The Kier molecular flexibility index (Phi) is 6.62. The van der Waals surface area contributed by atoms with Gasteiger partial charge < -0.3 is 5.32 Å². The minimum atomic E-state index is -0.885. The zero-order valence-electron chi connectivity index (χ0n) is 18.6. The lowest BCUT2D eigenvalue weighted by Gasteiger charge is -2.33. The minimum Gasteiger partial charge on any atom is -0.307 e. The molecule has 7 nitrogen and oxygen atoms in total. The number of amides is 1. The zero-order chi connectivity index (χ0) is 22.8. The van der Waals surface area contributed by atoms with E-state index in [0.29, 0.717) is 12.0 Å². The van der Waals surface area contributed by atoms with Crippen molar-refractivity contribution in [2.45, 2.75) is 63.1 Å². The van der Waals surface area contributed by atoms with Crippen molar-refractivity contribution < 1.29 is 13.6 Å². The second-order valence-corrected chi connectivity index (χ2v) is 9.48. The number of carbonyl (C=O) groups is 1. The lowest BCUT2D eigenvalue weighted by Crippen LogP contribution is -2.43. The predicted octanol–water partition coefficient (Wildman–Crippen LogP) is 3.11. The molecule has 3 fully saturated rings. The molecule has 176 valence electrons. The zero-order valence-corrected chi connectivity index (χ0v) is 18.6. The summed E-state index contributed by atoms with van der Waals surface area (Å²) in [7, 11) is 0. The number of halogens is 2. The fourth-order valence-electron chi connectivity index (χ4n) is 5.51. The highest BCUT2D eigenvalue weighted by Crippen LogP contribution is 2.40. The Bertz CT molecular complexity index is 999. The van der Waals surface area contributed by atoms with E-state index < -0.39 is 17.7 Å². The van der Waals surface area contributed by atoms with Crippen molar-refractivity contribution in [1.29, 1.82) is 0 Å². The van der Waals surface area contributed by atoms with Gasteiger partial charge in [-0.2, -0.15) is 0 Å². The summed E-state index contributed by atoms with van der Waals surface area (Å²) in [4.78, 5) is 23.6. The SMILES string of the molecule is O=C(Nc1ncc(F)cc1F)C1NNC2CCC(c3cncc(CN4CCCCC4)c3)CC21. The van der Waals surface area contributed by atoms with Crippen LogP contribution >= 0.6 is 0 Å². The first kappa shape index (κ1) is 22.3. The second-order valence-electron chi connectivity index (χ2n) is 9.48. The predicted molar refractivity (Wildman–Crippen MR) is 120 cm³/mol. The van der Waals surface area contributed by atoms with E-state index in [1.54, 1.807) is 0 Å². The summed E-state index contributed by atoms with van der Waals surface area (Å²) in [6, 6.07) is 2.64. The van der Waals surface area contributed by atoms with Crippen LogP contribution in [0.1, 0.15) is 55.6 Å². The molecule has 5 rings (SSSR count). The van der Waals surface area contributed by atoms with E-state index >= 15 is 0 Å². The lowest BCUT2D eigenvalue weighted by molar-refractivity contribution is -0.119. The molecule has 1 saturated carbocycles. The Hall–Kier alpha value is -2.49. The van der Waals surface area contributed by atoms with Crippen LogP contribution in [0.3, 0.4) is 0 Å². The molecule has 2 saturated heterocycles.